The third kappa shape index (κ3) is 2.65. The number of hydrogen-bond donors (Lipinski definition) is 0. The molecule has 0 aliphatic heterocycles. The number of azide groups is 1. The van der Waals surface area contributed by atoms with E-state index in [1.807, 2.05) is 12.1 Å². The molecule has 0 N–H and O–H groups in total. The van der Waals surface area contributed by atoms with E-state index >= 15 is 0 Å². The highest BCUT2D eigenvalue weighted by molar-refractivity contribution is 6.04. The van der Waals surface area contributed by atoms with Crippen molar-refractivity contribution in [1.82, 2.24) is 0 Å². The van der Waals surface area contributed by atoms with E-state index in [-0.39, 0.29) is 13.2 Å². The summed E-state index contributed by atoms with van der Waals surface area (Å²) < 4.78 is 10.9. The smallest absolute Gasteiger partial charge is 0.150 e. The summed E-state index contributed by atoms with van der Waals surface area (Å²) in [4.78, 5) is 13.8. The second-order valence-electron chi connectivity index (χ2n) is 3.96. The maximum absolute atomic E-state index is 11.2. The predicted octanol–water partition coefficient (Wildman–Crippen LogP) is 3.35. The highest BCUT2D eigenvalue weighted by atomic mass is 16.5. The van der Waals surface area contributed by atoms with Crippen LogP contribution in [0.15, 0.2) is 35.4 Å². The summed E-state index contributed by atoms with van der Waals surface area (Å²) in [5.74, 6) is 1.24. The van der Waals surface area contributed by atoms with E-state index in [1.165, 1.54) is 0 Å². The number of ether oxygens (including phenoxy) is 2. The summed E-state index contributed by atoms with van der Waals surface area (Å²) in [6, 6.07) is 8.89. The van der Waals surface area contributed by atoms with Crippen molar-refractivity contribution in [3.63, 3.8) is 0 Å². The summed E-state index contributed by atoms with van der Waals surface area (Å²) in [5.41, 5.74) is 8.75. The predicted molar refractivity (Wildman–Crippen MR) is 75.4 cm³/mol. The molecule has 6 nitrogen and oxygen atoms in total. The lowest BCUT2D eigenvalue weighted by atomic mass is 10.0. The Morgan fingerprint density at radius 3 is 2.85 bits per heavy atom. The summed E-state index contributed by atoms with van der Waals surface area (Å²) >= 11 is 0. The van der Waals surface area contributed by atoms with Gasteiger partial charge in [-0.1, -0.05) is 17.2 Å². The number of aldehydes is 1. The Kier molecular flexibility index (Phi) is 4.42. The van der Waals surface area contributed by atoms with Crippen LogP contribution >= 0.6 is 0 Å². The zero-order valence-corrected chi connectivity index (χ0v) is 10.9. The van der Waals surface area contributed by atoms with Gasteiger partial charge >= 0.3 is 0 Å². The average Bonchev–Trinajstić information content (AvgIpc) is 2.50. The fourth-order valence-electron chi connectivity index (χ4n) is 2.01. The zero-order chi connectivity index (χ0) is 14.4. The molecule has 20 heavy (non-hydrogen) atoms. The molecule has 0 aliphatic rings. The molecule has 0 saturated heterocycles. The van der Waals surface area contributed by atoms with E-state index in [0.717, 1.165) is 11.7 Å². The largest absolute Gasteiger partial charge is 0.496 e. The molecule has 102 valence electrons. The molecule has 2 rings (SSSR count). The van der Waals surface area contributed by atoms with Crippen molar-refractivity contribution in [3.05, 3.63) is 46.3 Å². The zero-order valence-electron chi connectivity index (χ0n) is 10.9. The lowest BCUT2D eigenvalue weighted by Crippen LogP contribution is -2.02. The van der Waals surface area contributed by atoms with Gasteiger partial charge in [0, 0.05) is 21.2 Å². The molecule has 0 bridgehead atoms. The molecule has 0 aromatic heterocycles. The standard InChI is InChI=1S/C14H13N3O3/c1-19-12-6-5-10(9-18)14-11(12)3-2-4-13(14)20-8-7-16-17-15/h2-6,9H,7-8H2,1H3. The van der Waals surface area contributed by atoms with E-state index in [0.29, 0.717) is 22.4 Å². The van der Waals surface area contributed by atoms with Crippen molar-refractivity contribution in [2.24, 2.45) is 5.11 Å². The summed E-state index contributed by atoms with van der Waals surface area (Å²) in [5, 5.41) is 4.91. The minimum atomic E-state index is 0.229. The quantitative estimate of drug-likeness (QED) is 0.265. The van der Waals surface area contributed by atoms with Crippen LogP contribution in [0.2, 0.25) is 0 Å². The van der Waals surface area contributed by atoms with Gasteiger partial charge in [0.1, 0.15) is 11.5 Å². The van der Waals surface area contributed by atoms with Gasteiger partial charge in [-0.15, -0.1) is 0 Å². The normalized spacial score (nSPS) is 9.85. The minimum absolute atomic E-state index is 0.229. The van der Waals surface area contributed by atoms with Crippen LogP contribution in [0.4, 0.5) is 0 Å². The second kappa shape index (κ2) is 6.45. The number of carbonyl (C=O) groups excluding carboxylic acids is 1. The van der Waals surface area contributed by atoms with Crippen LogP contribution in [0.25, 0.3) is 21.2 Å². The summed E-state index contributed by atoms with van der Waals surface area (Å²) in [6.45, 7) is 0.478. The molecule has 0 spiro atoms. The third-order valence-electron chi connectivity index (χ3n) is 2.85. The van der Waals surface area contributed by atoms with Crippen molar-refractivity contribution in [3.8, 4) is 11.5 Å². The molecule has 0 unspecified atom stereocenters. The molecule has 0 amide bonds. The van der Waals surface area contributed by atoms with Crippen LogP contribution in [0.3, 0.4) is 0 Å². The fraction of sp³-hybridized carbons (Fsp3) is 0.214. The molecular weight excluding hydrogens is 258 g/mol. The highest BCUT2D eigenvalue weighted by Crippen LogP contribution is 2.34. The maximum Gasteiger partial charge on any atom is 0.150 e. The summed E-state index contributed by atoms with van der Waals surface area (Å²) in [7, 11) is 1.57. The maximum atomic E-state index is 11.2. The molecule has 2 aromatic carbocycles. The van der Waals surface area contributed by atoms with Gasteiger partial charge in [-0.3, -0.25) is 4.79 Å². The molecule has 0 aliphatic carbocycles. The van der Waals surface area contributed by atoms with E-state index in [9.17, 15) is 4.79 Å². The van der Waals surface area contributed by atoms with Gasteiger partial charge in [-0.05, 0) is 23.7 Å². The number of nitrogens with zero attached hydrogens (tertiary/aromatic N) is 3. The lowest BCUT2D eigenvalue weighted by Gasteiger charge is -2.12. The van der Waals surface area contributed by atoms with Crippen LogP contribution < -0.4 is 9.47 Å². The van der Waals surface area contributed by atoms with Gasteiger partial charge in [0.25, 0.3) is 0 Å². The van der Waals surface area contributed by atoms with Crippen molar-refractivity contribution in [1.29, 1.82) is 0 Å². The first-order valence-corrected chi connectivity index (χ1v) is 6.00. The number of rotatable bonds is 6. The molecule has 6 heteroatoms. The van der Waals surface area contributed by atoms with E-state index in [1.54, 1.807) is 25.3 Å². The van der Waals surface area contributed by atoms with Gasteiger partial charge in [-0.25, -0.2) is 0 Å². The topological polar surface area (TPSA) is 84.3 Å². The van der Waals surface area contributed by atoms with E-state index < -0.39 is 0 Å². The molecular formula is C14H13N3O3. The number of benzene rings is 2. The first-order chi connectivity index (χ1) is 9.81. The van der Waals surface area contributed by atoms with Gasteiger partial charge < -0.3 is 9.47 Å². The summed E-state index contributed by atoms with van der Waals surface area (Å²) in [6.07, 6.45) is 0.780. The van der Waals surface area contributed by atoms with Gasteiger partial charge in [0.2, 0.25) is 0 Å². The first kappa shape index (κ1) is 13.7. The number of fused-ring (bicyclic) bond motifs is 1. The SMILES string of the molecule is COc1ccc(C=O)c2c(OCCN=[N+]=[N-])cccc12. The molecule has 0 radical (unpaired) electrons. The Hall–Kier alpha value is -2.72. The van der Waals surface area contributed by atoms with Gasteiger partial charge in [0.15, 0.2) is 6.29 Å². The Morgan fingerprint density at radius 1 is 1.30 bits per heavy atom. The monoisotopic (exact) mass is 271 g/mol. The average molecular weight is 271 g/mol. The van der Waals surface area contributed by atoms with E-state index in [4.69, 9.17) is 15.0 Å². The van der Waals surface area contributed by atoms with Crippen molar-refractivity contribution in [2.45, 2.75) is 0 Å². The van der Waals surface area contributed by atoms with Crippen molar-refractivity contribution < 1.29 is 14.3 Å². The van der Waals surface area contributed by atoms with Gasteiger partial charge in [-0.2, -0.15) is 0 Å². The molecule has 0 fully saturated rings. The van der Waals surface area contributed by atoms with Crippen LogP contribution in [-0.2, 0) is 0 Å². The van der Waals surface area contributed by atoms with Crippen LogP contribution in [0.1, 0.15) is 10.4 Å². The Bertz CT molecular complexity index is 679. The van der Waals surface area contributed by atoms with Gasteiger partial charge in [0.05, 0.1) is 20.3 Å². The second-order valence-corrected chi connectivity index (χ2v) is 3.96. The number of hydrogen-bond acceptors (Lipinski definition) is 4. The van der Waals surface area contributed by atoms with E-state index in [2.05, 4.69) is 10.0 Å². The van der Waals surface area contributed by atoms with Crippen LogP contribution in [-0.4, -0.2) is 26.5 Å². The number of methoxy groups -OCH3 is 1. The highest BCUT2D eigenvalue weighted by Gasteiger charge is 2.11. The third-order valence-corrected chi connectivity index (χ3v) is 2.85. The Balaban J connectivity index is 2.48. The first-order valence-electron chi connectivity index (χ1n) is 6.00. The van der Waals surface area contributed by atoms with Crippen molar-refractivity contribution >= 4 is 17.1 Å². The van der Waals surface area contributed by atoms with Crippen LogP contribution in [0, 0.1) is 0 Å². The lowest BCUT2D eigenvalue weighted by molar-refractivity contribution is 0.112. The molecule has 0 saturated carbocycles. The molecule has 0 atom stereocenters. The molecule has 0 heterocycles. The Morgan fingerprint density at radius 2 is 2.15 bits per heavy atom. The van der Waals surface area contributed by atoms with Crippen molar-refractivity contribution in [2.75, 3.05) is 20.3 Å². The molecule has 2 aromatic rings. The minimum Gasteiger partial charge on any atom is -0.496 e. The van der Waals surface area contributed by atoms with Crippen LogP contribution in [0.5, 0.6) is 11.5 Å². The Labute approximate surface area is 115 Å². The fourth-order valence-corrected chi connectivity index (χ4v) is 2.01. The number of carbonyl (C=O) groups is 1.